The van der Waals surface area contributed by atoms with Crippen LogP contribution in [0.1, 0.15) is 5.56 Å². The van der Waals surface area contributed by atoms with Crippen LogP contribution >= 0.6 is 0 Å². The summed E-state index contributed by atoms with van der Waals surface area (Å²) in [6.07, 6.45) is 0. The molecule has 0 fully saturated rings. The van der Waals surface area contributed by atoms with Gasteiger partial charge in [-0.25, -0.2) is 13.8 Å². The molecular weight excluding hydrogens is 240 g/mol. The molecular formula is C11H7F2N5. The van der Waals surface area contributed by atoms with Gasteiger partial charge in [0.1, 0.15) is 29.1 Å². The van der Waals surface area contributed by atoms with Gasteiger partial charge in [0.2, 0.25) is 5.95 Å². The van der Waals surface area contributed by atoms with E-state index in [1.165, 1.54) is 0 Å². The van der Waals surface area contributed by atoms with Crippen molar-refractivity contribution in [2.45, 2.75) is 0 Å². The molecule has 18 heavy (non-hydrogen) atoms. The third-order valence-corrected chi connectivity index (χ3v) is 2.20. The lowest BCUT2D eigenvalue weighted by molar-refractivity contribution is 0.584. The first kappa shape index (κ1) is 11.7. The van der Waals surface area contributed by atoms with Crippen molar-refractivity contribution in [2.75, 3.05) is 11.5 Å². The van der Waals surface area contributed by atoms with E-state index in [1.54, 1.807) is 6.07 Å². The van der Waals surface area contributed by atoms with E-state index in [1.807, 2.05) is 0 Å². The number of nitrogens with two attached hydrogens (primary N) is 2. The van der Waals surface area contributed by atoms with Gasteiger partial charge in [0.15, 0.2) is 0 Å². The lowest BCUT2D eigenvalue weighted by atomic mass is 10.1. The summed E-state index contributed by atoms with van der Waals surface area (Å²) < 4.78 is 26.2. The number of anilines is 2. The minimum atomic E-state index is -0.787. The summed E-state index contributed by atoms with van der Waals surface area (Å²) >= 11 is 0. The molecule has 4 N–H and O–H groups in total. The maximum Gasteiger partial charge on any atom is 0.222 e. The van der Waals surface area contributed by atoms with Crippen molar-refractivity contribution < 1.29 is 8.78 Å². The summed E-state index contributed by atoms with van der Waals surface area (Å²) in [5, 5.41) is 8.95. The molecule has 1 aromatic heterocycles. The molecule has 0 atom stereocenters. The van der Waals surface area contributed by atoms with Crippen LogP contribution in [0.4, 0.5) is 20.5 Å². The Morgan fingerprint density at radius 1 is 1.06 bits per heavy atom. The summed E-state index contributed by atoms with van der Waals surface area (Å²) in [5.74, 6) is -1.88. The lowest BCUT2D eigenvalue weighted by Gasteiger charge is -2.06. The summed E-state index contributed by atoms with van der Waals surface area (Å²) in [7, 11) is 0. The fraction of sp³-hybridized carbons (Fsp3) is 0. The number of aromatic nitrogens is 2. The van der Waals surface area contributed by atoms with Crippen LogP contribution in [-0.2, 0) is 0 Å². The topological polar surface area (TPSA) is 102 Å². The lowest BCUT2D eigenvalue weighted by Crippen LogP contribution is -2.05. The summed E-state index contributed by atoms with van der Waals surface area (Å²) in [5.41, 5.74) is 10.9. The molecule has 0 spiro atoms. The van der Waals surface area contributed by atoms with Gasteiger partial charge in [-0.1, -0.05) is 0 Å². The molecule has 5 nitrogen and oxygen atoms in total. The van der Waals surface area contributed by atoms with Gasteiger partial charge < -0.3 is 11.5 Å². The molecule has 0 amide bonds. The highest BCUT2D eigenvalue weighted by molar-refractivity contribution is 5.73. The van der Waals surface area contributed by atoms with Crippen molar-refractivity contribution in [1.29, 1.82) is 5.26 Å². The highest BCUT2D eigenvalue weighted by Crippen LogP contribution is 2.26. The molecule has 90 valence electrons. The fourth-order valence-electron chi connectivity index (χ4n) is 1.51. The fourth-order valence-corrected chi connectivity index (χ4v) is 1.51. The van der Waals surface area contributed by atoms with E-state index in [2.05, 4.69) is 9.97 Å². The first-order valence-electron chi connectivity index (χ1n) is 4.81. The van der Waals surface area contributed by atoms with Crippen molar-refractivity contribution in [2.24, 2.45) is 0 Å². The third kappa shape index (κ3) is 2.04. The first-order valence-corrected chi connectivity index (χ1v) is 4.81. The second-order valence-electron chi connectivity index (χ2n) is 3.46. The molecule has 1 aromatic carbocycles. The zero-order valence-electron chi connectivity index (χ0n) is 8.98. The molecule has 0 aliphatic carbocycles. The Kier molecular flexibility index (Phi) is 2.77. The molecule has 2 aromatic rings. The molecule has 0 radical (unpaired) electrons. The van der Waals surface area contributed by atoms with Gasteiger partial charge in [-0.05, 0) is 12.1 Å². The number of hydrogen-bond acceptors (Lipinski definition) is 5. The van der Waals surface area contributed by atoms with Crippen LogP contribution in [0.3, 0.4) is 0 Å². The van der Waals surface area contributed by atoms with E-state index in [0.717, 1.165) is 12.1 Å². The second kappa shape index (κ2) is 4.25. The highest BCUT2D eigenvalue weighted by Gasteiger charge is 2.14. The Bertz CT molecular complexity index is 643. The minimum Gasteiger partial charge on any atom is -0.382 e. The van der Waals surface area contributed by atoms with E-state index in [4.69, 9.17) is 16.7 Å². The van der Waals surface area contributed by atoms with Gasteiger partial charge in [0.25, 0.3) is 0 Å². The van der Waals surface area contributed by atoms with Crippen LogP contribution in [0, 0.1) is 23.0 Å². The monoisotopic (exact) mass is 247 g/mol. The highest BCUT2D eigenvalue weighted by atomic mass is 19.1. The third-order valence-electron chi connectivity index (χ3n) is 2.20. The Morgan fingerprint density at radius 2 is 1.67 bits per heavy atom. The van der Waals surface area contributed by atoms with Crippen LogP contribution in [0.25, 0.3) is 11.3 Å². The van der Waals surface area contributed by atoms with E-state index >= 15 is 0 Å². The quantitative estimate of drug-likeness (QED) is 0.794. The normalized spacial score (nSPS) is 10.1. The van der Waals surface area contributed by atoms with E-state index in [-0.39, 0.29) is 28.6 Å². The smallest absolute Gasteiger partial charge is 0.222 e. The Balaban J connectivity index is 2.74. The first-order chi connectivity index (χ1) is 8.51. The summed E-state index contributed by atoms with van der Waals surface area (Å²) in [6, 6.07) is 4.56. The van der Waals surface area contributed by atoms with Gasteiger partial charge in [0, 0.05) is 11.6 Å². The summed E-state index contributed by atoms with van der Waals surface area (Å²) in [4.78, 5) is 7.40. The molecule has 0 saturated carbocycles. The maximum atomic E-state index is 13.1. The van der Waals surface area contributed by atoms with Crippen molar-refractivity contribution in [3.63, 3.8) is 0 Å². The van der Waals surface area contributed by atoms with Gasteiger partial charge in [-0.3, -0.25) is 0 Å². The van der Waals surface area contributed by atoms with Gasteiger partial charge >= 0.3 is 0 Å². The standard InChI is InChI=1S/C11H7F2N5/c12-6-1-5(2-7(13)3-6)9-8(4-14)10(15)18-11(16)17-9/h1-3H,(H4,15,16,17,18). The Hall–Kier alpha value is -2.75. The molecule has 0 saturated heterocycles. The zero-order chi connectivity index (χ0) is 13.3. The largest absolute Gasteiger partial charge is 0.382 e. The zero-order valence-corrected chi connectivity index (χ0v) is 8.98. The molecule has 1 heterocycles. The Morgan fingerprint density at radius 3 is 2.22 bits per heavy atom. The molecule has 7 heteroatoms. The van der Waals surface area contributed by atoms with Crippen molar-refractivity contribution in [3.8, 4) is 17.3 Å². The van der Waals surface area contributed by atoms with Gasteiger partial charge in [0.05, 0.1) is 5.69 Å². The van der Waals surface area contributed by atoms with Crippen LogP contribution < -0.4 is 11.5 Å². The minimum absolute atomic E-state index is 0.000833. The van der Waals surface area contributed by atoms with Crippen LogP contribution in [0.5, 0.6) is 0 Å². The molecule has 0 aliphatic rings. The predicted octanol–water partition coefficient (Wildman–Crippen LogP) is 1.46. The molecule has 0 aliphatic heterocycles. The number of hydrogen-bond donors (Lipinski definition) is 2. The van der Waals surface area contributed by atoms with E-state index < -0.39 is 11.6 Å². The van der Waals surface area contributed by atoms with Gasteiger partial charge in [-0.2, -0.15) is 10.2 Å². The van der Waals surface area contributed by atoms with Crippen LogP contribution in [0.2, 0.25) is 0 Å². The van der Waals surface area contributed by atoms with Crippen molar-refractivity contribution in [1.82, 2.24) is 9.97 Å². The van der Waals surface area contributed by atoms with Crippen molar-refractivity contribution >= 4 is 11.8 Å². The number of nitrogens with zero attached hydrogens (tertiary/aromatic N) is 3. The predicted molar refractivity (Wildman–Crippen MR) is 60.9 cm³/mol. The van der Waals surface area contributed by atoms with E-state index in [0.29, 0.717) is 6.07 Å². The number of benzene rings is 1. The number of rotatable bonds is 1. The van der Waals surface area contributed by atoms with Crippen LogP contribution in [0.15, 0.2) is 18.2 Å². The number of halogens is 2. The molecule has 0 unspecified atom stereocenters. The maximum absolute atomic E-state index is 13.1. The van der Waals surface area contributed by atoms with Gasteiger partial charge in [-0.15, -0.1) is 0 Å². The average Bonchev–Trinajstić information content (AvgIpc) is 2.26. The van der Waals surface area contributed by atoms with E-state index in [9.17, 15) is 8.78 Å². The van der Waals surface area contributed by atoms with Crippen molar-refractivity contribution in [3.05, 3.63) is 35.4 Å². The number of nitrogen functional groups attached to an aromatic ring is 2. The SMILES string of the molecule is N#Cc1c(N)nc(N)nc1-c1cc(F)cc(F)c1. The average molecular weight is 247 g/mol. The second-order valence-corrected chi connectivity index (χ2v) is 3.46. The molecule has 0 bridgehead atoms. The Labute approximate surface area is 101 Å². The van der Waals surface area contributed by atoms with Crippen LogP contribution in [-0.4, -0.2) is 9.97 Å². The summed E-state index contributed by atoms with van der Waals surface area (Å²) in [6.45, 7) is 0. The molecule has 2 rings (SSSR count). The number of nitriles is 1.